The van der Waals surface area contributed by atoms with E-state index in [2.05, 4.69) is 12.0 Å². The average Bonchev–Trinajstić information content (AvgIpc) is 2.83. The normalized spacial score (nSPS) is 15.8. The maximum atomic E-state index is 11.8. The molecule has 1 aliphatic carbocycles. The van der Waals surface area contributed by atoms with E-state index in [1.54, 1.807) is 6.20 Å². The van der Waals surface area contributed by atoms with Crippen molar-refractivity contribution >= 4 is 5.78 Å². The third-order valence-corrected chi connectivity index (χ3v) is 2.61. The van der Waals surface area contributed by atoms with Crippen molar-refractivity contribution in [2.24, 2.45) is 5.92 Å². The standard InChI is InChI=1S/C11H16N2O/c1-2-7-13-10(5-6-12-13)11(14)8-9-3-4-9/h5-6,9H,2-4,7-8H2,1H3. The monoisotopic (exact) mass is 192 g/mol. The number of nitrogens with zero attached hydrogens (tertiary/aromatic N) is 2. The first-order valence-electron chi connectivity index (χ1n) is 5.36. The number of carbonyl (C=O) groups excluding carboxylic acids is 1. The van der Waals surface area contributed by atoms with Crippen LogP contribution in [0.3, 0.4) is 0 Å². The van der Waals surface area contributed by atoms with Gasteiger partial charge < -0.3 is 0 Å². The molecule has 0 aromatic carbocycles. The van der Waals surface area contributed by atoms with E-state index in [4.69, 9.17) is 0 Å². The Balaban J connectivity index is 2.04. The Morgan fingerprint density at radius 1 is 1.64 bits per heavy atom. The van der Waals surface area contributed by atoms with E-state index < -0.39 is 0 Å². The molecule has 0 spiro atoms. The molecular weight excluding hydrogens is 176 g/mol. The Morgan fingerprint density at radius 2 is 2.43 bits per heavy atom. The van der Waals surface area contributed by atoms with Crippen LogP contribution < -0.4 is 0 Å². The fourth-order valence-corrected chi connectivity index (χ4v) is 1.65. The topological polar surface area (TPSA) is 34.9 Å². The van der Waals surface area contributed by atoms with E-state index >= 15 is 0 Å². The van der Waals surface area contributed by atoms with E-state index in [-0.39, 0.29) is 5.78 Å². The predicted octanol–water partition coefficient (Wildman–Crippen LogP) is 2.28. The Labute approximate surface area is 84.1 Å². The molecule has 3 heteroatoms. The van der Waals surface area contributed by atoms with Crippen molar-refractivity contribution in [1.82, 2.24) is 9.78 Å². The lowest BCUT2D eigenvalue weighted by molar-refractivity contribution is 0.0965. The lowest BCUT2D eigenvalue weighted by atomic mass is 10.1. The number of carbonyl (C=O) groups is 1. The van der Waals surface area contributed by atoms with Gasteiger partial charge in [-0.1, -0.05) is 6.92 Å². The molecule has 0 bridgehead atoms. The molecule has 1 aromatic heterocycles. The molecule has 2 rings (SSSR count). The molecular formula is C11H16N2O. The quantitative estimate of drug-likeness (QED) is 0.671. The summed E-state index contributed by atoms with van der Waals surface area (Å²) in [6.45, 7) is 2.94. The van der Waals surface area contributed by atoms with E-state index in [9.17, 15) is 4.79 Å². The minimum Gasteiger partial charge on any atom is -0.292 e. The van der Waals surface area contributed by atoms with Gasteiger partial charge in [0.15, 0.2) is 5.78 Å². The van der Waals surface area contributed by atoms with Crippen LogP contribution in [0.15, 0.2) is 12.3 Å². The van der Waals surface area contributed by atoms with E-state index in [1.165, 1.54) is 12.8 Å². The molecule has 1 aliphatic rings. The van der Waals surface area contributed by atoms with Crippen LogP contribution in [0.2, 0.25) is 0 Å². The van der Waals surface area contributed by atoms with Gasteiger partial charge in [0, 0.05) is 19.2 Å². The fourth-order valence-electron chi connectivity index (χ4n) is 1.65. The molecule has 0 saturated heterocycles. The summed E-state index contributed by atoms with van der Waals surface area (Å²) < 4.78 is 1.82. The summed E-state index contributed by atoms with van der Waals surface area (Å²) in [4.78, 5) is 11.8. The first-order chi connectivity index (χ1) is 6.81. The molecule has 1 saturated carbocycles. The second kappa shape index (κ2) is 3.95. The zero-order valence-electron chi connectivity index (χ0n) is 8.57. The summed E-state index contributed by atoms with van der Waals surface area (Å²) in [6.07, 6.45) is 5.91. The van der Waals surface area contributed by atoms with Crippen LogP contribution in [0.25, 0.3) is 0 Å². The molecule has 0 atom stereocenters. The van der Waals surface area contributed by atoms with Gasteiger partial charge in [0.25, 0.3) is 0 Å². The molecule has 0 N–H and O–H groups in total. The minimum absolute atomic E-state index is 0.262. The first-order valence-corrected chi connectivity index (χ1v) is 5.36. The molecule has 0 amide bonds. The maximum Gasteiger partial charge on any atom is 0.181 e. The van der Waals surface area contributed by atoms with Crippen LogP contribution in [0, 0.1) is 5.92 Å². The van der Waals surface area contributed by atoms with Crippen LogP contribution in [0.4, 0.5) is 0 Å². The van der Waals surface area contributed by atoms with Gasteiger partial charge in [0.05, 0.1) is 0 Å². The largest absolute Gasteiger partial charge is 0.292 e. The summed E-state index contributed by atoms with van der Waals surface area (Å²) in [5, 5.41) is 4.15. The van der Waals surface area contributed by atoms with Crippen LogP contribution in [-0.4, -0.2) is 15.6 Å². The highest BCUT2D eigenvalue weighted by Gasteiger charge is 2.26. The smallest absolute Gasteiger partial charge is 0.181 e. The molecule has 14 heavy (non-hydrogen) atoms. The SMILES string of the molecule is CCCn1nccc1C(=O)CC1CC1. The third kappa shape index (κ3) is 2.03. The molecule has 76 valence electrons. The van der Waals surface area contributed by atoms with Gasteiger partial charge in [-0.3, -0.25) is 9.48 Å². The van der Waals surface area contributed by atoms with Crippen LogP contribution in [0.5, 0.6) is 0 Å². The number of aromatic nitrogens is 2. The van der Waals surface area contributed by atoms with Crippen molar-refractivity contribution in [3.05, 3.63) is 18.0 Å². The number of Topliss-reactive ketones (excluding diaryl/α,β-unsaturated/α-hetero) is 1. The average molecular weight is 192 g/mol. The van der Waals surface area contributed by atoms with Gasteiger partial charge >= 0.3 is 0 Å². The lowest BCUT2D eigenvalue weighted by Crippen LogP contribution is -2.10. The lowest BCUT2D eigenvalue weighted by Gasteiger charge is -2.04. The summed E-state index contributed by atoms with van der Waals surface area (Å²) in [6, 6.07) is 1.83. The van der Waals surface area contributed by atoms with Crippen molar-refractivity contribution < 1.29 is 4.79 Å². The minimum atomic E-state index is 0.262. The summed E-state index contributed by atoms with van der Waals surface area (Å²) in [5.41, 5.74) is 0.791. The van der Waals surface area contributed by atoms with Crippen molar-refractivity contribution in [3.8, 4) is 0 Å². The first kappa shape index (κ1) is 9.44. The van der Waals surface area contributed by atoms with Crippen LogP contribution >= 0.6 is 0 Å². The van der Waals surface area contributed by atoms with Gasteiger partial charge in [-0.25, -0.2) is 0 Å². The van der Waals surface area contributed by atoms with Gasteiger partial charge in [-0.05, 0) is 31.2 Å². The van der Waals surface area contributed by atoms with Crippen LogP contribution in [0.1, 0.15) is 43.1 Å². The number of hydrogen-bond acceptors (Lipinski definition) is 2. The molecule has 3 nitrogen and oxygen atoms in total. The molecule has 0 unspecified atom stereocenters. The molecule has 0 aliphatic heterocycles. The number of hydrogen-bond donors (Lipinski definition) is 0. The summed E-state index contributed by atoms with van der Waals surface area (Å²) >= 11 is 0. The predicted molar refractivity (Wildman–Crippen MR) is 54.2 cm³/mol. The van der Waals surface area contributed by atoms with Crippen LogP contribution in [-0.2, 0) is 6.54 Å². The zero-order valence-corrected chi connectivity index (χ0v) is 8.57. The number of rotatable bonds is 5. The Morgan fingerprint density at radius 3 is 3.07 bits per heavy atom. The molecule has 1 heterocycles. The van der Waals surface area contributed by atoms with Gasteiger partial charge in [-0.2, -0.15) is 5.10 Å². The van der Waals surface area contributed by atoms with Gasteiger partial charge in [0.2, 0.25) is 0 Å². The molecule has 1 fully saturated rings. The molecule has 1 aromatic rings. The second-order valence-corrected chi connectivity index (χ2v) is 4.01. The van der Waals surface area contributed by atoms with E-state index in [1.807, 2.05) is 10.7 Å². The highest BCUT2D eigenvalue weighted by Crippen LogP contribution is 2.33. The number of ketones is 1. The summed E-state index contributed by atoms with van der Waals surface area (Å²) in [5.74, 6) is 0.922. The van der Waals surface area contributed by atoms with Crippen molar-refractivity contribution in [2.45, 2.75) is 39.2 Å². The highest BCUT2D eigenvalue weighted by molar-refractivity contribution is 5.94. The highest BCUT2D eigenvalue weighted by atomic mass is 16.1. The second-order valence-electron chi connectivity index (χ2n) is 4.01. The van der Waals surface area contributed by atoms with Gasteiger partial charge in [-0.15, -0.1) is 0 Å². The zero-order chi connectivity index (χ0) is 9.97. The number of aryl methyl sites for hydroxylation is 1. The van der Waals surface area contributed by atoms with E-state index in [0.717, 1.165) is 25.1 Å². The Hall–Kier alpha value is -1.12. The maximum absolute atomic E-state index is 11.8. The molecule has 0 radical (unpaired) electrons. The van der Waals surface area contributed by atoms with Gasteiger partial charge in [0.1, 0.15) is 5.69 Å². The summed E-state index contributed by atoms with van der Waals surface area (Å²) in [7, 11) is 0. The Bertz CT molecular complexity index is 326. The van der Waals surface area contributed by atoms with Crippen molar-refractivity contribution in [1.29, 1.82) is 0 Å². The fraction of sp³-hybridized carbons (Fsp3) is 0.636. The van der Waals surface area contributed by atoms with E-state index in [0.29, 0.717) is 5.92 Å². The van der Waals surface area contributed by atoms with Crippen molar-refractivity contribution in [3.63, 3.8) is 0 Å². The Kier molecular flexibility index (Phi) is 2.66. The third-order valence-electron chi connectivity index (χ3n) is 2.61. The van der Waals surface area contributed by atoms with Crippen molar-refractivity contribution in [2.75, 3.05) is 0 Å².